The zero-order valence-electron chi connectivity index (χ0n) is 3.26. The number of hydrogen-bond acceptors (Lipinski definition) is 2. The van der Waals surface area contributed by atoms with Gasteiger partial charge in [0.05, 0.1) is 0 Å². The number of aliphatic hydroxyl groups excluding tert-OH is 1. The van der Waals surface area contributed by atoms with Crippen LogP contribution >= 0.6 is 0 Å². The van der Waals surface area contributed by atoms with Crippen molar-refractivity contribution in [3.63, 3.8) is 0 Å². The summed E-state index contributed by atoms with van der Waals surface area (Å²) in [6.45, 7) is 0. The highest BCUT2D eigenvalue weighted by atomic mass is 19.1. The third-order valence-corrected chi connectivity index (χ3v) is 0.318. The summed E-state index contributed by atoms with van der Waals surface area (Å²) in [6, 6.07) is 0. The van der Waals surface area contributed by atoms with Gasteiger partial charge in [-0.05, 0) is 0 Å². The molecule has 3 nitrogen and oxygen atoms in total. The van der Waals surface area contributed by atoms with E-state index >= 15 is 0 Å². The van der Waals surface area contributed by atoms with Crippen LogP contribution in [0.4, 0.5) is 4.39 Å². The Morgan fingerprint density at radius 2 is 2.14 bits per heavy atom. The van der Waals surface area contributed by atoms with Gasteiger partial charge in [0, 0.05) is 0 Å². The van der Waals surface area contributed by atoms with Crippen LogP contribution in [0.3, 0.4) is 0 Å². The highest BCUT2D eigenvalue weighted by molar-refractivity contribution is 5.83. The van der Waals surface area contributed by atoms with E-state index in [1.807, 2.05) is 0 Å². The van der Waals surface area contributed by atoms with Crippen LogP contribution in [0.25, 0.3) is 0 Å². The van der Waals surface area contributed by atoms with Crippen LogP contribution in [0.2, 0.25) is 0 Å². The van der Waals surface area contributed by atoms with Crippen molar-refractivity contribution < 1.29 is 19.4 Å². The molecule has 0 radical (unpaired) electrons. The van der Waals surface area contributed by atoms with Gasteiger partial charge in [0.15, 0.2) is 0 Å². The number of rotatable bonds is 1. The minimum atomic E-state index is -1.76. The Kier molecular flexibility index (Phi) is 1.84. The van der Waals surface area contributed by atoms with Gasteiger partial charge in [0.1, 0.15) is 6.26 Å². The second kappa shape index (κ2) is 2.17. The fourth-order valence-corrected chi connectivity index (χ4v) is 0.0552. The maximum Gasteiger partial charge on any atom is 0.368 e. The average molecular weight is 106 g/mol. The predicted molar refractivity (Wildman–Crippen MR) is 19.5 cm³/mol. The second-order valence-corrected chi connectivity index (χ2v) is 0.782. The first-order valence-corrected chi connectivity index (χ1v) is 1.41. The second-order valence-electron chi connectivity index (χ2n) is 0.782. The van der Waals surface area contributed by atoms with Crippen molar-refractivity contribution in [1.29, 1.82) is 0 Å². The molecule has 0 heterocycles. The Labute approximate surface area is 38.7 Å². The van der Waals surface area contributed by atoms with Crippen LogP contribution in [-0.4, -0.2) is 16.2 Å². The molecule has 0 amide bonds. The summed E-state index contributed by atoms with van der Waals surface area (Å²) in [5.74, 6) is -3.32. The maximum absolute atomic E-state index is 11.3. The number of halogens is 1. The van der Waals surface area contributed by atoms with Gasteiger partial charge < -0.3 is 10.2 Å². The third kappa shape index (κ3) is 1.75. The lowest BCUT2D eigenvalue weighted by molar-refractivity contribution is -0.134. The van der Waals surface area contributed by atoms with Crippen LogP contribution in [-0.2, 0) is 4.79 Å². The number of hydrogen-bond donors (Lipinski definition) is 2. The van der Waals surface area contributed by atoms with Gasteiger partial charge in [0.25, 0.3) is 0 Å². The molecular weight excluding hydrogens is 103 g/mol. The number of carboxylic acids is 1. The zero-order valence-corrected chi connectivity index (χ0v) is 3.26. The van der Waals surface area contributed by atoms with E-state index in [0.29, 0.717) is 0 Å². The van der Waals surface area contributed by atoms with E-state index in [1.165, 1.54) is 0 Å². The van der Waals surface area contributed by atoms with Crippen LogP contribution < -0.4 is 0 Å². The van der Waals surface area contributed by atoms with Gasteiger partial charge >= 0.3 is 5.97 Å². The van der Waals surface area contributed by atoms with Crippen LogP contribution in [0.15, 0.2) is 12.1 Å². The first-order valence-electron chi connectivity index (χ1n) is 1.41. The molecule has 0 bridgehead atoms. The van der Waals surface area contributed by atoms with Gasteiger partial charge in [-0.15, -0.1) is 0 Å². The molecule has 7 heavy (non-hydrogen) atoms. The van der Waals surface area contributed by atoms with Crippen molar-refractivity contribution in [2.24, 2.45) is 0 Å². The molecule has 0 unspecified atom stereocenters. The summed E-state index contributed by atoms with van der Waals surface area (Å²) >= 11 is 0. The minimum Gasteiger partial charge on any atom is -0.512 e. The van der Waals surface area contributed by atoms with Gasteiger partial charge in [-0.3, -0.25) is 0 Å². The molecule has 0 fully saturated rings. The molecule has 2 N–H and O–H groups in total. The van der Waals surface area contributed by atoms with Gasteiger partial charge in [-0.2, -0.15) is 4.39 Å². The summed E-state index contributed by atoms with van der Waals surface area (Å²) in [4.78, 5) is 9.33. The van der Waals surface area contributed by atoms with E-state index in [0.717, 1.165) is 0 Å². The standard InChI is InChI=1S/C3H3FO3/c4-2(1-5)3(6)7/h1,5H,(H,6,7)/b2-1+. The highest BCUT2D eigenvalue weighted by Crippen LogP contribution is 1.90. The molecule has 0 rings (SSSR count). The molecular formula is C3H3FO3. The van der Waals surface area contributed by atoms with Crippen molar-refractivity contribution in [3.05, 3.63) is 12.1 Å². The molecule has 0 aromatic carbocycles. The van der Waals surface area contributed by atoms with Crippen LogP contribution in [0.5, 0.6) is 0 Å². The molecule has 4 heteroatoms. The van der Waals surface area contributed by atoms with Crippen molar-refractivity contribution >= 4 is 5.97 Å². The number of aliphatic carboxylic acids is 1. The fourth-order valence-electron chi connectivity index (χ4n) is 0.0552. The number of aliphatic hydroxyl groups is 1. The Bertz CT molecular complexity index is 107. The zero-order chi connectivity index (χ0) is 5.86. The monoisotopic (exact) mass is 106 g/mol. The topological polar surface area (TPSA) is 57.5 Å². The quantitative estimate of drug-likeness (QED) is 0.376. The Hall–Kier alpha value is -1.06. The van der Waals surface area contributed by atoms with Gasteiger partial charge in [-0.25, -0.2) is 4.79 Å². The Morgan fingerprint density at radius 3 is 2.14 bits per heavy atom. The molecule has 0 aliphatic carbocycles. The van der Waals surface area contributed by atoms with Gasteiger partial charge in [-0.1, -0.05) is 0 Å². The molecule has 0 aliphatic rings. The predicted octanol–water partition coefficient (Wildman–Crippen LogP) is 0.440. The molecule has 0 aliphatic heterocycles. The smallest absolute Gasteiger partial charge is 0.368 e. The van der Waals surface area contributed by atoms with E-state index in [1.54, 1.807) is 0 Å². The summed E-state index contributed by atoms with van der Waals surface area (Å²) < 4.78 is 11.3. The summed E-state index contributed by atoms with van der Waals surface area (Å²) in [5.41, 5.74) is 0. The van der Waals surface area contributed by atoms with E-state index in [-0.39, 0.29) is 6.26 Å². The lowest BCUT2D eigenvalue weighted by atomic mass is 10.6. The Balaban J connectivity index is 3.82. The van der Waals surface area contributed by atoms with E-state index < -0.39 is 11.8 Å². The first-order chi connectivity index (χ1) is 3.18. The van der Waals surface area contributed by atoms with E-state index in [2.05, 4.69) is 0 Å². The summed E-state index contributed by atoms with van der Waals surface area (Å²) in [6.07, 6.45) is -0.109. The fraction of sp³-hybridized carbons (Fsp3) is 0. The van der Waals surface area contributed by atoms with E-state index in [4.69, 9.17) is 10.2 Å². The Morgan fingerprint density at radius 1 is 1.71 bits per heavy atom. The first kappa shape index (κ1) is 5.94. The minimum absolute atomic E-state index is 0.109. The molecule has 0 atom stereocenters. The maximum atomic E-state index is 11.3. The number of carbonyl (C=O) groups is 1. The lowest BCUT2D eigenvalue weighted by Crippen LogP contribution is -1.93. The molecule has 0 saturated heterocycles. The number of carboxylic acid groups (broad SMARTS) is 1. The van der Waals surface area contributed by atoms with Gasteiger partial charge in [0.2, 0.25) is 5.83 Å². The summed E-state index contributed by atoms with van der Waals surface area (Å²) in [7, 11) is 0. The molecule has 0 spiro atoms. The summed E-state index contributed by atoms with van der Waals surface area (Å²) in [5, 5.41) is 15.2. The van der Waals surface area contributed by atoms with Crippen molar-refractivity contribution in [3.8, 4) is 0 Å². The van der Waals surface area contributed by atoms with Crippen LogP contribution in [0.1, 0.15) is 0 Å². The lowest BCUT2D eigenvalue weighted by Gasteiger charge is -1.78. The normalized spacial score (nSPS) is 11.3. The highest BCUT2D eigenvalue weighted by Gasteiger charge is 2.01. The van der Waals surface area contributed by atoms with E-state index in [9.17, 15) is 9.18 Å². The molecule has 0 aromatic rings. The van der Waals surface area contributed by atoms with Crippen molar-refractivity contribution in [1.82, 2.24) is 0 Å². The van der Waals surface area contributed by atoms with Crippen molar-refractivity contribution in [2.45, 2.75) is 0 Å². The third-order valence-electron chi connectivity index (χ3n) is 0.318. The molecule has 0 aromatic heterocycles. The SMILES string of the molecule is O=C(O)/C(F)=C\O. The molecule has 0 saturated carbocycles. The average Bonchev–Trinajstić information content (AvgIpc) is 1.65. The molecule has 40 valence electrons. The van der Waals surface area contributed by atoms with Crippen molar-refractivity contribution in [2.75, 3.05) is 0 Å². The van der Waals surface area contributed by atoms with Crippen LogP contribution in [0, 0.1) is 0 Å². The largest absolute Gasteiger partial charge is 0.512 e.